The molecule has 0 bridgehead atoms. The van der Waals surface area contributed by atoms with Gasteiger partial charge in [-0.3, -0.25) is 0 Å². The lowest BCUT2D eigenvalue weighted by atomic mass is 9.85. The van der Waals surface area contributed by atoms with Gasteiger partial charge in [-0.25, -0.2) is 4.39 Å². The van der Waals surface area contributed by atoms with Crippen LogP contribution in [0.2, 0.25) is 0 Å². The molecule has 0 aliphatic carbocycles. The summed E-state index contributed by atoms with van der Waals surface area (Å²) >= 11 is 3.19. The summed E-state index contributed by atoms with van der Waals surface area (Å²) in [4.78, 5) is 0. The molecular weight excluding hydrogens is 231 g/mol. The molecule has 0 nitrogen and oxygen atoms in total. The Morgan fingerprint density at radius 1 is 1.46 bits per heavy atom. The maximum Gasteiger partial charge on any atom is 0.129 e. The molecule has 0 amide bonds. The Bertz CT molecular complexity index is 361. The van der Waals surface area contributed by atoms with Crippen LogP contribution in [0.15, 0.2) is 22.7 Å². The van der Waals surface area contributed by atoms with Crippen molar-refractivity contribution >= 4 is 15.9 Å². The second kappa shape index (κ2) is 3.51. The Hall–Kier alpha value is -0.810. The molecule has 0 fully saturated rings. The van der Waals surface area contributed by atoms with Gasteiger partial charge in [-0.15, -0.1) is 6.42 Å². The average Bonchev–Trinajstić information content (AvgIpc) is 2.03. The van der Waals surface area contributed by atoms with Gasteiger partial charge in [0, 0.05) is 10.0 Å². The summed E-state index contributed by atoms with van der Waals surface area (Å²) in [5, 5.41) is 0. The van der Waals surface area contributed by atoms with Crippen LogP contribution < -0.4 is 0 Å². The summed E-state index contributed by atoms with van der Waals surface area (Å²) in [5.74, 6) is 2.30. The second-order valence-corrected chi connectivity index (χ2v) is 4.31. The summed E-state index contributed by atoms with van der Waals surface area (Å²) in [6.45, 7) is 3.64. The third-order valence-electron chi connectivity index (χ3n) is 1.97. The number of hydrogen-bond donors (Lipinski definition) is 0. The minimum Gasteiger partial charge on any atom is -0.207 e. The molecule has 0 spiro atoms. The van der Waals surface area contributed by atoms with Gasteiger partial charge in [-0.2, -0.15) is 0 Å². The van der Waals surface area contributed by atoms with Crippen molar-refractivity contribution in [1.29, 1.82) is 0 Å². The molecule has 2 heteroatoms. The third kappa shape index (κ3) is 2.10. The Labute approximate surface area is 86.3 Å². The highest BCUT2D eigenvalue weighted by Gasteiger charge is 2.20. The van der Waals surface area contributed by atoms with Crippen molar-refractivity contribution in [3.05, 3.63) is 34.1 Å². The third-order valence-corrected chi connectivity index (χ3v) is 2.46. The van der Waals surface area contributed by atoms with Gasteiger partial charge in [0.15, 0.2) is 0 Å². The van der Waals surface area contributed by atoms with Crippen LogP contribution in [0.1, 0.15) is 19.4 Å². The number of terminal acetylenes is 1. The molecule has 68 valence electrons. The van der Waals surface area contributed by atoms with E-state index in [1.807, 2.05) is 13.8 Å². The SMILES string of the molecule is C#CC(C)(C)c1ccc(Br)cc1F. The van der Waals surface area contributed by atoms with Crippen LogP contribution in [0.3, 0.4) is 0 Å². The summed E-state index contributed by atoms with van der Waals surface area (Å²) < 4.78 is 14.1. The van der Waals surface area contributed by atoms with E-state index in [4.69, 9.17) is 6.42 Å². The first-order chi connectivity index (χ1) is 5.97. The van der Waals surface area contributed by atoms with E-state index in [2.05, 4.69) is 21.9 Å². The van der Waals surface area contributed by atoms with Gasteiger partial charge in [0.05, 0.1) is 5.41 Å². The van der Waals surface area contributed by atoms with Crippen molar-refractivity contribution in [3.8, 4) is 12.3 Å². The Kier molecular flexibility index (Phi) is 2.77. The fraction of sp³-hybridized carbons (Fsp3) is 0.273. The minimum atomic E-state index is -0.551. The lowest BCUT2D eigenvalue weighted by molar-refractivity contribution is 0.567. The van der Waals surface area contributed by atoms with E-state index >= 15 is 0 Å². The summed E-state index contributed by atoms with van der Waals surface area (Å²) in [6.07, 6.45) is 5.32. The van der Waals surface area contributed by atoms with Gasteiger partial charge in [0.2, 0.25) is 0 Å². The summed E-state index contributed by atoms with van der Waals surface area (Å²) in [6, 6.07) is 4.92. The molecule has 0 saturated carbocycles. The molecule has 0 unspecified atom stereocenters. The highest BCUT2D eigenvalue weighted by atomic mass is 79.9. The molecule has 0 heterocycles. The van der Waals surface area contributed by atoms with Crippen LogP contribution in [0.25, 0.3) is 0 Å². The van der Waals surface area contributed by atoms with Gasteiger partial charge < -0.3 is 0 Å². The molecule has 0 radical (unpaired) electrons. The average molecular weight is 241 g/mol. The van der Waals surface area contributed by atoms with E-state index in [1.165, 1.54) is 6.07 Å². The first-order valence-corrected chi connectivity index (χ1v) is 4.70. The van der Waals surface area contributed by atoms with Gasteiger partial charge in [0.25, 0.3) is 0 Å². The molecule has 0 atom stereocenters. The normalized spacial score (nSPS) is 11.0. The van der Waals surface area contributed by atoms with E-state index < -0.39 is 5.41 Å². The molecule has 0 aliphatic rings. The maximum atomic E-state index is 13.4. The van der Waals surface area contributed by atoms with Crippen molar-refractivity contribution in [2.75, 3.05) is 0 Å². The quantitative estimate of drug-likeness (QED) is 0.660. The zero-order chi connectivity index (χ0) is 10.1. The molecular formula is C11H10BrF. The zero-order valence-electron chi connectivity index (χ0n) is 7.57. The molecule has 1 aromatic carbocycles. The Morgan fingerprint density at radius 2 is 2.08 bits per heavy atom. The van der Waals surface area contributed by atoms with Crippen molar-refractivity contribution in [1.82, 2.24) is 0 Å². The van der Waals surface area contributed by atoms with Gasteiger partial charge in [0.1, 0.15) is 5.82 Å². The topological polar surface area (TPSA) is 0 Å². The zero-order valence-corrected chi connectivity index (χ0v) is 9.15. The van der Waals surface area contributed by atoms with Crippen LogP contribution in [-0.2, 0) is 5.41 Å². The molecule has 0 aromatic heterocycles. The van der Waals surface area contributed by atoms with Crippen LogP contribution in [0.5, 0.6) is 0 Å². The molecule has 1 aromatic rings. The second-order valence-electron chi connectivity index (χ2n) is 3.39. The van der Waals surface area contributed by atoms with Crippen LogP contribution in [0, 0.1) is 18.2 Å². The lowest BCUT2D eigenvalue weighted by Crippen LogP contribution is -2.15. The van der Waals surface area contributed by atoms with Crippen LogP contribution >= 0.6 is 15.9 Å². The van der Waals surface area contributed by atoms with Crippen LogP contribution in [0.4, 0.5) is 4.39 Å². The van der Waals surface area contributed by atoms with Gasteiger partial charge >= 0.3 is 0 Å². The summed E-state index contributed by atoms with van der Waals surface area (Å²) in [7, 11) is 0. The predicted octanol–water partition coefficient (Wildman–Crippen LogP) is 3.50. The van der Waals surface area contributed by atoms with E-state index in [-0.39, 0.29) is 5.82 Å². The van der Waals surface area contributed by atoms with Crippen molar-refractivity contribution < 1.29 is 4.39 Å². The van der Waals surface area contributed by atoms with E-state index in [1.54, 1.807) is 12.1 Å². The van der Waals surface area contributed by atoms with E-state index in [0.717, 1.165) is 4.47 Å². The van der Waals surface area contributed by atoms with Crippen LogP contribution in [-0.4, -0.2) is 0 Å². The largest absolute Gasteiger partial charge is 0.207 e. The number of hydrogen-bond acceptors (Lipinski definition) is 0. The van der Waals surface area contributed by atoms with Crippen molar-refractivity contribution in [3.63, 3.8) is 0 Å². The van der Waals surface area contributed by atoms with Crippen molar-refractivity contribution in [2.24, 2.45) is 0 Å². The predicted molar refractivity (Wildman–Crippen MR) is 56.0 cm³/mol. The Balaban J connectivity index is 3.26. The monoisotopic (exact) mass is 240 g/mol. The molecule has 0 N–H and O–H groups in total. The first kappa shape index (κ1) is 10.3. The summed E-state index contributed by atoms with van der Waals surface area (Å²) in [5.41, 5.74) is 0.00308. The van der Waals surface area contributed by atoms with E-state index in [0.29, 0.717) is 5.56 Å². The highest BCUT2D eigenvalue weighted by molar-refractivity contribution is 9.10. The lowest BCUT2D eigenvalue weighted by Gasteiger charge is -2.18. The van der Waals surface area contributed by atoms with Gasteiger partial charge in [-0.05, 0) is 26.0 Å². The fourth-order valence-electron chi connectivity index (χ4n) is 1.07. The van der Waals surface area contributed by atoms with E-state index in [9.17, 15) is 4.39 Å². The molecule has 13 heavy (non-hydrogen) atoms. The Morgan fingerprint density at radius 3 is 2.54 bits per heavy atom. The number of halogens is 2. The molecule has 1 rings (SSSR count). The smallest absolute Gasteiger partial charge is 0.129 e. The highest BCUT2D eigenvalue weighted by Crippen LogP contribution is 2.26. The fourth-order valence-corrected chi connectivity index (χ4v) is 1.41. The minimum absolute atomic E-state index is 0.266. The number of benzene rings is 1. The van der Waals surface area contributed by atoms with Gasteiger partial charge in [-0.1, -0.05) is 27.9 Å². The molecule has 0 saturated heterocycles. The molecule has 0 aliphatic heterocycles. The standard InChI is InChI=1S/C11H10BrF/c1-4-11(2,3)9-6-5-8(12)7-10(9)13/h1,5-7H,2-3H3. The van der Waals surface area contributed by atoms with Crippen molar-refractivity contribution in [2.45, 2.75) is 19.3 Å². The maximum absolute atomic E-state index is 13.4. The number of rotatable bonds is 1. The first-order valence-electron chi connectivity index (χ1n) is 3.90.